The molecule has 0 saturated heterocycles. The number of carbonyl (C=O) groups is 2. The van der Waals surface area contributed by atoms with E-state index in [-0.39, 0.29) is 12.4 Å². The molecule has 2 aromatic rings. The Morgan fingerprint density at radius 1 is 1.09 bits per heavy atom. The molecule has 0 bridgehead atoms. The second kappa shape index (κ2) is 10.6. The van der Waals surface area contributed by atoms with Gasteiger partial charge in [-0.05, 0) is 49.4 Å². The monoisotopic (exact) mass is 461 g/mol. The van der Waals surface area contributed by atoms with Gasteiger partial charge >= 0.3 is 5.97 Å². The van der Waals surface area contributed by atoms with Crippen LogP contribution in [0.5, 0.6) is 11.5 Å². The predicted molar refractivity (Wildman–Crippen MR) is 129 cm³/mol. The van der Waals surface area contributed by atoms with Gasteiger partial charge in [-0.1, -0.05) is 43.3 Å². The number of methoxy groups -OCH3 is 1. The Bertz CT molecular complexity index is 1130. The lowest BCUT2D eigenvalue weighted by Gasteiger charge is -2.34. The molecule has 1 atom stereocenters. The first-order valence-corrected chi connectivity index (χ1v) is 11.8. The van der Waals surface area contributed by atoms with E-state index in [1.165, 1.54) is 0 Å². The number of hydrogen-bond acceptors (Lipinski definition) is 6. The molecular formula is C28H31NO5. The second-order valence-corrected chi connectivity index (χ2v) is 8.59. The van der Waals surface area contributed by atoms with Gasteiger partial charge in [0.2, 0.25) is 0 Å². The SMILES string of the molecule is CCCOc1ccc(C2C(C(=O)OCc3ccccc3)=C(C)NC3=C2C(=O)CCC3)cc1OC. The molecule has 0 radical (unpaired) electrons. The maximum atomic E-state index is 13.4. The van der Waals surface area contributed by atoms with Crippen molar-refractivity contribution in [2.75, 3.05) is 13.7 Å². The summed E-state index contributed by atoms with van der Waals surface area (Å²) in [6.45, 7) is 4.65. The van der Waals surface area contributed by atoms with Crippen LogP contribution in [0, 0.1) is 0 Å². The van der Waals surface area contributed by atoms with Gasteiger partial charge in [0.1, 0.15) is 6.61 Å². The van der Waals surface area contributed by atoms with Crippen LogP contribution >= 0.6 is 0 Å². The molecule has 2 aliphatic rings. The number of benzene rings is 2. The fourth-order valence-corrected chi connectivity index (χ4v) is 4.58. The van der Waals surface area contributed by atoms with Gasteiger partial charge in [-0.2, -0.15) is 0 Å². The molecule has 0 saturated carbocycles. The number of carbonyl (C=O) groups excluding carboxylic acids is 2. The molecule has 178 valence electrons. The van der Waals surface area contributed by atoms with Crippen LogP contribution in [0.25, 0.3) is 0 Å². The van der Waals surface area contributed by atoms with Crippen LogP contribution < -0.4 is 14.8 Å². The first-order chi connectivity index (χ1) is 16.5. The van der Waals surface area contributed by atoms with Crippen LogP contribution in [-0.2, 0) is 20.9 Å². The summed E-state index contributed by atoms with van der Waals surface area (Å²) >= 11 is 0. The summed E-state index contributed by atoms with van der Waals surface area (Å²) in [6.07, 6.45) is 2.92. The summed E-state index contributed by atoms with van der Waals surface area (Å²) in [7, 11) is 1.59. The van der Waals surface area contributed by atoms with Gasteiger partial charge in [0.05, 0.1) is 19.3 Å². The molecule has 1 N–H and O–H groups in total. The summed E-state index contributed by atoms with van der Waals surface area (Å²) < 4.78 is 17.1. The smallest absolute Gasteiger partial charge is 0.337 e. The number of ether oxygens (including phenoxy) is 3. The van der Waals surface area contributed by atoms with E-state index in [4.69, 9.17) is 14.2 Å². The highest BCUT2D eigenvalue weighted by Crippen LogP contribution is 2.44. The minimum absolute atomic E-state index is 0.0601. The Kier molecular flexibility index (Phi) is 7.36. The zero-order valence-corrected chi connectivity index (χ0v) is 20.0. The van der Waals surface area contributed by atoms with Crippen LogP contribution in [0.1, 0.15) is 56.6 Å². The molecule has 2 aromatic carbocycles. The van der Waals surface area contributed by atoms with Crippen molar-refractivity contribution in [3.8, 4) is 11.5 Å². The van der Waals surface area contributed by atoms with Gasteiger partial charge in [0, 0.05) is 29.3 Å². The van der Waals surface area contributed by atoms with Crippen molar-refractivity contribution in [3.63, 3.8) is 0 Å². The fourth-order valence-electron chi connectivity index (χ4n) is 4.58. The third-order valence-corrected chi connectivity index (χ3v) is 6.19. The van der Waals surface area contributed by atoms with E-state index >= 15 is 0 Å². The number of esters is 1. The zero-order chi connectivity index (χ0) is 24.1. The largest absolute Gasteiger partial charge is 0.493 e. The van der Waals surface area contributed by atoms with E-state index in [0.717, 1.165) is 36.1 Å². The van der Waals surface area contributed by atoms with Crippen LogP contribution in [0.3, 0.4) is 0 Å². The van der Waals surface area contributed by atoms with Crippen molar-refractivity contribution in [1.82, 2.24) is 5.32 Å². The first kappa shape index (κ1) is 23.6. The van der Waals surface area contributed by atoms with E-state index in [2.05, 4.69) is 5.32 Å². The van der Waals surface area contributed by atoms with Crippen molar-refractivity contribution in [3.05, 3.63) is 82.2 Å². The Morgan fingerprint density at radius 3 is 2.62 bits per heavy atom. The average Bonchev–Trinajstić information content (AvgIpc) is 2.86. The Labute approximate surface area is 200 Å². The van der Waals surface area contributed by atoms with E-state index in [0.29, 0.717) is 41.4 Å². The third kappa shape index (κ3) is 4.86. The Morgan fingerprint density at radius 2 is 1.88 bits per heavy atom. The molecule has 1 heterocycles. The maximum Gasteiger partial charge on any atom is 0.337 e. The van der Waals surface area contributed by atoms with E-state index in [9.17, 15) is 9.59 Å². The maximum absolute atomic E-state index is 13.4. The molecule has 1 aliphatic carbocycles. The standard InChI is InChI=1S/C28H31NO5/c1-4-15-33-23-14-13-20(16-24(23)32-3)26-25(28(31)34-17-19-9-6-5-7-10-19)18(2)29-21-11-8-12-22(30)27(21)26/h5-7,9-10,13-14,16,26,29H,4,8,11-12,15,17H2,1-3H3. The van der Waals surface area contributed by atoms with Gasteiger partial charge in [-0.25, -0.2) is 4.79 Å². The van der Waals surface area contributed by atoms with E-state index < -0.39 is 11.9 Å². The third-order valence-electron chi connectivity index (χ3n) is 6.19. The van der Waals surface area contributed by atoms with Crippen molar-refractivity contribution >= 4 is 11.8 Å². The Hall–Kier alpha value is -3.54. The summed E-state index contributed by atoms with van der Waals surface area (Å²) in [5.41, 5.74) is 4.41. The number of ketones is 1. The number of hydrogen-bond donors (Lipinski definition) is 1. The predicted octanol–water partition coefficient (Wildman–Crippen LogP) is 5.20. The number of nitrogens with one attached hydrogen (secondary N) is 1. The highest BCUT2D eigenvalue weighted by molar-refractivity contribution is 6.03. The molecule has 4 rings (SSSR count). The molecular weight excluding hydrogens is 430 g/mol. The number of Topliss-reactive ketones (excluding diaryl/α,β-unsaturated/α-hetero) is 1. The minimum Gasteiger partial charge on any atom is -0.493 e. The van der Waals surface area contributed by atoms with Gasteiger partial charge in [0.25, 0.3) is 0 Å². The van der Waals surface area contributed by atoms with Crippen molar-refractivity contribution in [2.24, 2.45) is 0 Å². The quantitative estimate of drug-likeness (QED) is 0.545. The van der Waals surface area contributed by atoms with E-state index in [1.807, 2.05) is 62.4 Å². The fraction of sp³-hybridized carbons (Fsp3) is 0.357. The minimum atomic E-state index is -0.526. The molecule has 1 unspecified atom stereocenters. The summed E-state index contributed by atoms with van der Waals surface area (Å²) in [5.74, 6) is 0.310. The van der Waals surface area contributed by atoms with Gasteiger partial charge in [-0.3, -0.25) is 4.79 Å². The normalized spacial score (nSPS) is 17.7. The summed E-state index contributed by atoms with van der Waals surface area (Å²) in [4.78, 5) is 26.5. The lowest BCUT2D eigenvalue weighted by atomic mass is 9.75. The molecule has 1 aliphatic heterocycles. The summed E-state index contributed by atoms with van der Waals surface area (Å²) in [6, 6.07) is 15.2. The average molecular weight is 462 g/mol. The first-order valence-electron chi connectivity index (χ1n) is 11.8. The van der Waals surface area contributed by atoms with Gasteiger partial charge < -0.3 is 19.5 Å². The van der Waals surface area contributed by atoms with Gasteiger partial charge in [0.15, 0.2) is 17.3 Å². The number of rotatable bonds is 8. The lowest BCUT2D eigenvalue weighted by Crippen LogP contribution is -2.34. The molecule has 0 aromatic heterocycles. The van der Waals surface area contributed by atoms with Crippen LogP contribution in [0.4, 0.5) is 0 Å². The molecule has 6 nitrogen and oxygen atoms in total. The second-order valence-electron chi connectivity index (χ2n) is 8.59. The van der Waals surface area contributed by atoms with Gasteiger partial charge in [-0.15, -0.1) is 0 Å². The highest BCUT2D eigenvalue weighted by atomic mass is 16.5. The lowest BCUT2D eigenvalue weighted by molar-refractivity contribution is -0.140. The van der Waals surface area contributed by atoms with Crippen LogP contribution in [0.2, 0.25) is 0 Å². The molecule has 0 amide bonds. The Balaban J connectivity index is 1.73. The van der Waals surface area contributed by atoms with Crippen molar-refractivity contribution in [2.45, 2.75) is 52.1 Å². The molecule has 0 fully saturated rings. The summed E-state index contributed by atoms with van der Waals surface area (Å²) in [5, 5.41) is 3.33. The molecule has 0 spiro atoms. The van der Waals surface area contributed by atoms with Crippen molar-refractivity contribution in [1.29, 1.82) is 0 Å². The van der Waals surface area contributed by atoms with Crippen LogP contribution in [0.15, 0.2) is 71.1 Å². The molecule has 34 heavy (non-hydrogen) atoms. The number of dihydropyridines is 1. The number of allylic oxidation sites excluding steroid dienone is 3. The highest BCUT2D eigenvalue weighted by Gasteiger charge is 2.39. The zero-order valence-electron chi connectivity index (χ0n) is 20.0. The topological polar surface area (TPSA) is 73.9 Å². The van der Waals surface area contributed by atoms with Crippen LogP contribution in [-0.4, -0.2) is 25.5 Å². The van der Waals surface area contributed by atoms with E-state index in [1.54, 1.807) is 7.11 Å². The molecule has 6 heteroatoms. The van der Waals surface area contributed by atoms with Crippen molar-refractivity contribution < 1.29 is 23.8 Å².